The zero-order valence-corrected chi connectivity index (χ0v) is 10.5. The summed E-state index contributed by atoms with van der Waals surface area (Å²) in [7, 11) is 0. The lowest BCUT2D eigenvalue weighted by Crippen LogP contribution is -2.39. The number of hydrogen-bond acceptors (Lipinski definition) is 3. The minimum atomic E-state index is -0.765. The summed E-state index contributed by atoms with van der Waals surface area (Å²) >= 11 is 0. The molecule has 1 aromatic carbocycles. The van der Waals surface area contributed by atoms with Gasteiger partial charge in [0.15, 0.2) is 0 Å². The Hall–Kier alpha value is -1.62. The van der Waals surface area contributed by atoms with Crippen LogP contribution in [0.2, 0.25) is 0 Å². The zero-order valence-electron chi connectivity index (χ0n) is 10.5. The average molecular weight is 255 g/mol. The molecule has 1 atom stereocenters. The molecule has 1 amide bonds. The summed E-state index contributed by atoms with van der Waals surface area (Å²) < 4.78 is 13.5. The molecule has 0 saturated heterocycles. The summed E-state index contributed by atoms with van der Waals surface area (Å²) in [6.07, 6.45) is 0.420. The van der Waals surface area contributed by atoms with Crippen LogP contribution in [0.25, 0.3) is 0 Å². The Morgan fingerprint density at radius 3 is 2.61 bits per heavy atom. The molecule has 5 heteroatoms. The highest BCUT2D eigenvalue weighted by Crippen LogP contribution is 2.16. The fraction of sp³-hybridized carbons (Fsp3) is 0.462. The normalized spacial score (nSPS) is 12.5. The van der Waals surface area contributed by atoms with Crippen molar-refractivity contribution in [1.29, 1.82) is 0 Å². The topological polar surface area (TPSA) is 69.6 Å². The molecule has 1 rings (SSSR count). The van der Waals surface area contributed by atoms with Gasteiger partial charge in [-0.2, -0.15) is 0 Å². The molecule has 1 unspecified atom stereocenters. The monoisotopic (exact) mass is 255 g/mol. The van der Waals surface area contributed by atoms with Crippen molar-refractivity contribution < 1.29 is 19.4 Å². The molecule has 0 radical (unpaired) electrons. The third-order valence-corrected chi connectivity index (χ3v) is 2.76. The number of aliphatic hydroxyl groups is 1. The average Bonchev–Trinajstić information content (AvgIpc) is 2.27. The van der Waals surface area contributed by atoms with E-state index in [1.807, 2.05) is 13.8 Å². The zero-order chi connectivity index (χ0) is 13.7. The van der Waals surface area contributed by atoms with Gasteiger partial charge in [-0.1, -0.05) is 13.8 Å². The molecule has 0 spiro atoms. The summed E-state index contributed by atoms with van der Waals surface area (Å²) in [6, 6.07) is 3.17. The number of rotatable bonds is 5. The van der Waals surface area contributed by atoms with E-state index in [1.54, 1.807) is 0 Å². The van der Waals surface area contributed by atoms with E-state index in [9.17, 15) is 9.18 Å². The van der Waals surface area contributed by atoms with Crippen LogP contribution in [0.15, 0.2) is 18.2 Å². The van der Waals surface area contributed by atoms with Crippen molar-refractivity contribution in [3.05, 3.63) is 29.6 Å². The first-order valence-electron chi connectivity index (χ1n) is 5.86. The second kappa shape index (κ2) is 6.35. The summed E-state index contributed by atoms with van der Waals surface area (Å²) in [5, 5.41) is 20.6. The second-order valence-electron chi connectivity index (χ2n) is 4.50. The van der Waals surface area contributed by atoms with Crippen LogP contribution in [-0.2, 0) is 0 Å². The highest BCUT2D eigenvalue weighted by molar-refractivity contribution is 5.94. The highest BCUT2D eigenvalue weighted by atomic mass is 19.1. The maximum Gasteiger partial charge on any atom is 0.254 e. The van der Waals surface area contributed by atoms with E-state index in [2.05, 4.69) is 5.32 Å². The van der Waals surface area contributed by atoms with Gasteiger partial charge in [0.25, 0.3) is 5.91 Å². The fourth-order valence-electron chi connectivity index (χ4n) is 1.65. The maximum atomic E-state index is 13.5. The van der Waals surface area contributed by atoms with Gasteiger partial charge in [0.1, 0.15) is 11.6 Å². The van der Waals surface area contributed by atoms with Crippen LogP contribution in [0.5, 0.6) is 5.75 Å². The molecule has 3 N–H and O–H groups in total. The van der Waals surface area contributed by atoms with E-state index >= 15 is 0 Å². The van der Waals surface area contributed by atoms with E-state index in [0.717, 1.165) is 6.07 Å². The minimum Gasteiger partial charge on any atom is -0.508 e. The van der Waals surface area contributed by atoms with Gasteiger partial charge in [0.05, 0.1) is 5.56 Å². The van der Waals surface area contributed by atoms with Crippen molar-refractivity contribution >= 4 is 5.91 Å². The van der Waals surface area contributed by atoms with Crippen LogP contribution in [0.1, 0.15) is 30.6 Å². The van der Waals surface area contributed by atoms with E-state index in [-0.39, 0.29) is 29.9 Å². The van der Waals surface area contributed by atoms with E-state index in [0.29, 0.717) is 6.42 Å². The van der Waals surface area contributed by atoms with Crippen molar-refractivity contribution in [1.82, 2.24) is 5.32 Å². The Bertz CT molecular complexity index is 421. The van der Waals surface area contributed by atoms with Gasteiger partial charge >= 0.3 is 0 Å². The van der Waals surface area contributed by atoms with Crippen molar-refractivity contribution in [2.45, 2.75) is 26.3 Å². The number of halogens is 1. The number of nitrogens with one attached hydrogen (secondary N) is 1. The SMILES string of the molecule is CC(C)C(CCO)NC(=O)c1ccc(O)cc1F. The first kappa shape index (κ1) is 14.4. The van der Waals surface area contributed by atoms with Gasteiger partial charge in [0, 0.05) is 18.7 Å². The number of phenols is 1. The third-order valence-electron chi connectivity index (χ3n) is 2.76. The maximum absolute atomic E-state index is 13.5. The number of amides is 1. The van der Waals surface area contributed by atoms with Crippen molar-refractivity contribution in [2.75, 3.05) is 6.61 Å². The molecule has 0 aliphatic carbocycles. The number of aliphatic hydroxyl groups excluding tert-OH is 1. The molecule has 4 nitrogen and oxygen atoms in total. The molecular formula is C13H18FNO3. The summed E-state index contributed by atoms with van der Waals surface area (Å²) in [4.78, 5) is 11.9. The molecule has 1 aromatic rings. The van der Waals surface area contributed by atoms with E-state index in [1.165, 1.54) is 12.1 Å². The van der Waals surface area contributed by atoms with Gasteiger partial charge in [-0.3, -0.25) is 4.79 Å². The van der Waals surface area contributed by atoms with Crippen LogP contribution in [0.4, 0.5) is 4.39 Å². The predicted octanol–water partition coefficient (Wildman–Crippen LogP) is 1.67. The Morgan fingerprint density at radius 1 is 1.44 bits per heavy atom. The number of carbonyl (C=O) groups is 1. The lowest BCUT2D eigenvalue weighted by molar-refractivity contribution is 0.0912. The number of phenolic OH excluding ortho intramolecular Hbond substituents is 1. The molecule has 0 saturated carbocycles. The Balaban J connectivity index is 2.80. The van der Waals surface area contributed by atoms with Gasteiger partial charge in [-0.25, -0.2) is 4.39 Å². The Morgan fingerprint density at radius 2 is 2.11 bits per heavy atom. The lowest BCUT2D eigenvalue weighted by Gasteiger charge is -2.21. The number of hydrogen-bond donors (Lipinski definition) is 3. The largest absolute Gasteiger partial charge is 0.508 e. The van der Waals surface area contributed by atoms with Gasteiger partial charge < -0.3 is 15.5 Å². The number of benzene rings is 1. The van der Waals surface area contributed by atoms with Crippen LogP contribution >= 0.6 is 0 Å². The van der Waals surface area contributed by atoms with Crippen molar-refractivity contribution in [3.63, 3.8) is 0 Å². The van der Waals surface area contributed by atoms with Crippen molar-refractivity contribution in [2.24, 2.45) is 5.92 Å². The predicted molar refractivity (Wildman–Crippen MR) is 65.9 cm³/mol. The molecule has 0 aromatic heterocycles. The Labute approximate surface area is 105 Å². The molecular weight excluding hydrogens is 237 g/mol. The second-order valence-corrected chi connectivity index (χ2v) is 4.50. The standard InChI is InChI=1S/C13H18FNO3/c1-8(2)12(5-6-16)15-13(18)10-4-3-9(17)7-11(10)14/h3-4,7-8,12,16-17H,5-6H2,1-2H3,(H,15,18). The molecule has 0 bridgehead atoms. The summed E-state index contributed by atoms with van der Waals surface area (Å²) in [5.74, 6) is -1.39. The van der Waals surface area contributed by atoms with E-state index in [4.69, 9.17) is 10.2 Å². The van der Waals surface area contributed by atoms with E-state index < -0.39 is 11.7 Å². The third kappa shape index (κ3) is 3.70. The van der Waals surface area contributed by atoms with Crippen LogP contribution in [0.3, 0.4) is 0 Å². The fourth-order valence-corrected chi connectivity index (χ4v) is 1.65. The Kier molecular flexibility index (Phi) is 5.09. The number of carbonyl (C=O) groups excluding carboxylic acids is 1. The highest BCUT2D eigenvalue weighted by Gasteiger charge is 2.19. The molecule has 0 heterocycles. The number of aromatic hydroxyl groups is 1. The summed E-state index contributed by atoms with van der Waals surface area (Å²) in [5.41, 5.74) is -0.114. The molecule has 0 fully saturated rings. The van der Waals surface area contributed by atoms with Gasteiger partial charge in [0.2, 0.25) is 0 Å². The van der Waals surface area contributed by atoms with Gasteiger partial charge in [-0.05, 0) is 24.5 Å². The van der Waals surface area contributed by atoms with Crippen LogP contribution < -0.4 is 5.32 Å². The first-order chi connectivity index (χ1) is 8.45. The van der Waals surface area contributed by atoms with Gasteiger partial charge in [-0.15, -0.1) is 0 Å². The molecule has 0 aliphatic heterocycles. The molecule has 0 aliphatic rings. The van der Waals surface area contributed by atoms with Crippen molar-refractivity contribution in [3.8, 4) is 5.75 Å². The van der Waals surface area contributed by atoms with Crippen LogP contribution in [-0.4, -0.2) is 28.8 Å². The quantitative estimate of drug-likeness (QED) is 0.749. The minimum absolute atomic E-state index is 0.0405. The molecule has 100 valence electrons. The first-order valence-corrected chi connectivity index (χ1v) is 5.86. The lowest BCUT2D eigenvalue weighted by atomic mass is 10.0. The van der Waals surface area contributed by atoms with Crippen LogP contribution in [0, 0.1) is 11.7 Å². The smallest absolute Gasteiger partial charge is 0.254 e. The molecule has 18 heavy (non-hydrogen) atoms. The summed E-state index contributed by atoms with van der Waals surface area (Å²) in [6.45, 7) is 3.78.